The van der Waals surface area contributed by atoms with Crippen molar-refractivity contribution >= 4 is 11.7 Å². The van der Waals surface area contributed by atoms with E-state index in [2.05, 4.69) is 56.1 Å². The number of hydrogen-bond donors (Lipinski definition) is 1. The minimum Gasteiger partial charge on any atom is -0.501 e. The normalized spacial score (nSPS) is 22.4. The lowest BCUT2D eigenvalue weighted by Gasteiger charge is -2.33. The molecule has 0 aromatic heterocycles. The number of rotatable bonds is 11. The first kappa shape index (κ1) is 27.3. The summed E-state index contributed by atoms with van der Waals surface area (Å²) in [5.41, 5.74) is 3.20. The van der Waals surface area contributed by atoms with Gasteiger partial charge in [-0.05, 0) is 43.2 Å². The molecule has 0 saturated carbocycles. The fourth-order valence-corrected chi connectivity index (χ4v) is 5.17. The van der Waals surface area contributed by atoms with Gasteiger partial charge in [0.2, 0.25) is 0 Å². The fraction of sp³-hybridized carbons (Fsp3) is 0.621. The fourth-order valence-electron chi connectivity index (χ4n) is 5.17. The molecule has 0 spiro atoms. The predicted molar refractivity (Wildman–Crippen MR) is 139 cm³/mol. The molecule has 194 valence electrons. The molecule has 4 atom stereocenters. The van der Waals surface area contributed by atoms with Gasteiger partial charge in [-0.25, -0.2) is 0 Å². The summed E-state index contributed by atoms with van der Waals surface area (Å²) in [6.45, 7) is 10.3. The lowest BCUT2D eigenvalue weighted by Crippen LogP contribution is -2.38. The molecule has 6 nitrogen and oxygen atoms in total. The summed E-state index contributed by atoms with van der Waals surface area (Å²) in [6, 6.07) is 8.71. The summed E-state index contributed by atoms with van der Waals surface area (Å²) < 4.78 is 17.2. The van der Waals surface area contributed by atoms with E-state index in [4.69, 9.17) is 14.2 Å². The molecule has 0 bridgehead atoms. The second kappa shape index (κ2) is 11.6. The lowest BCUT2D eigenvalue weighted by molar-refractivity contribution is -0.163. The van der Waals surface area contributed by atoms with Gasteiger partial charge < -0.3 is 24.2 Å². The first-order valence-electron chi connectivity index (χ1n) is 12.8. The van der Waals surface area contributed by atoms with Crippen molar-refractivity contribution in [3.05, 3.63) is 53.3 Å². The Morgan fingerprint density at radius 2 is 1.89 bits per heavy atom. The third-order valence-electron chi connectivity index (χ3n) is 7.54. The Kier molecular flexibility index (Phi) is 9.05. The zero-order valence-electron chi connectivity index (χ0n) is 22.4. The summed E-state index contributed by atoms with van der Waals surface area (Å²) >= 11 is 0. The van der Waals surface area contributed by atoms with Crippen LogP contribution in [-0.4, -0.2) is 56.7 Å². The van der Waals surface area contributed by atoms with Gasteiger partial charge in [0.05, 0.1) is 31.3 Å². The average molecular weight is 486 g/mol. The van der Waals surface area contributed by atoms with Gasteiger partial charge >= 0.3 is 5.97 Å². The molecule has 1 aliphatic heterocycles. The lowest BCUT2D eigenvalue weighted by atomic mass is 9.73. The van der Waals surface area contributed by atoms with Crippen molar-refractivity contribution in [1.29, 1.82) is 0 Å². The van der Waals surface area contributed by atoms with Gasteiger partial charge in [-0.15, -0.1) is 0 Å². The number of nitrogens with zero attached hydrogens (tertiary/aromatic N) is 1. The van der Waals surface area contributed by atoms with Crippen molar-refractivity contribution in [3.63, 3.8) is 0 Å². The third kappa shape index (κ3) is 6.28. The minimum absolute atomic E-state index is 0.0704. The van der Waals surface area contributed by atoms with Crippen LogP contribution in [0.1, 0.15) is 53.0 Å². The summed E-state index contributed by atoms with van der Waals surface area (Å²) in [6.07, 6.45) is 5.34. The molecule has 0 saturated heterocycles. The number of aliphatic hydroxyl groups excluding tert-OH is 1. The Labute approximate surface area is 210 Å². The maximum absolute atomic E-state index is 12.8. The Morgan fingerprint density at radius 3 is 2.51 bits per heavy atom. The first-order valence-corrected chi connectivity index (χ1v) is 12.8. The molecular weight excluding hydrogens is 442 g/mol. The van der Waals surface area contributed by atoms with Gasteiger partial charge in [0.15, 0.2) is 0 Å². The van der Waals surface area contributed by atoms with Gasteiger partial charge in [0, 0.05) is 24.7 Å². The van der Waals surface area contributed by atoms with Crippen LogP contribution in [0.3, 0.4) is 0 Å². The van der Waals surface area contributed by atoms with Crippen LogP contribution in [0.2, 0.25) is 0 Å². The van der Waals surface area contributed by atoms with Crippen LogP contribution in [0, 0.1) is 17.3 Å². The SMILES string of the molecule is COC1=C(C2Cc3ccccc3N2C)C=CC(OCC(O)COC(=O)C(C)(CC(C)C)C(C)C)C1. The number of benzene rings is 1. The molecule has 3 rings (SSSR count). The number of anilines is 1. The summed E-state index contributed by atoms with van der Waals surface area (Å²) in [7, 11) is 3.82. The maximum atomic E-state index is 12.8. The molecule has 1 aromatic rings. The molecule has 0 amide bonds. The van der Waals surface area contributed by atoms with Crippen molar-refractivity contribution in [1.82, 2.24) is 0 Å². The molecule has 1 heterocycles. The Balaban J connectivity index is 1.52. The van der Waals surface area contributed by atoms with Crippen LogP contribution in [0.5, 0.6) is 0 Å². The van der Waals surface area contributed by atoms with E-state index in [0.29, 0.717) is 12.3 Å². The van der Waals surface area contributed by atoms with Crippen molar-refractivity contribution in [2.75, 3.05) is 32.3 Å². The highest BCUT2D eigenvalue weighted by Crippen LogP contribution is 2.37. The van der Waals surface area contributed by atoms with Crippen LogP contribution in [0.15, 0.2) is 47.7 Å². The van der Waals surface area contributed by atoms with Crippen LogP contribution >= 0.6 is 0 Å². The van der Waals surface area contributed by atoms with Crippen LogP contribution in [0.25, 0.3) is 0 Å². The molecule has 0 fully saturated rings. The van der Waals surface area contributed by atoms with E-state index in [9.17, 15) is 9.90 Å². The number of esters is 1. The molecule has 2 aliphatic rings. The third-order valence-corrected chi connectivity index (χ3v) is 7.54. The van der Waals surface area contributed by atoms with Gasteiger partial charge in [0.25, 0.3) is 0 Å². The quantitative estimate of drug-likeness (QED) is 0.450. The first-order chi connectivity index (χ1) is 16.6. The van der Waals surface area contributed by atoms with E-state index >= 15 is 0 Å². The van der Waals surface area contributed by atoms with Gasteiger partial charge in [0.1, 0.15) is 18.5 Å². The van der Waals surface area contributed by atoms with Crippen LogP contribution < -0.4 is 4.90 Å². The Hall–Kier alpha value is -2.31. The number of methoxy groups -OCH3 is 1. The van der Waals surface area contributed by atoms with Gasteiger partial charge in [-0.1, -0.05) is 58.0 Å². The molecular formula is C29H43NO5. The highest BCUT2D eigenvalue weighted by atomic mass is 16.6. The number of hydrogen-bond acceptors (Lipinski definition) is 6. The van der Waals surface area contributed by atoms with Gasteiger partial charge in [-0.2, -0.15) is 0 Å². The Morgan fingerprint density at radius 1 is 1.17 bits per heavy atom. The number of likely N-dealkylation sites (N-methyl/N-ethyl adjacent to an activating group) is 1. The van der Waals surface area contributed by atoms with Crippen LogP contribution in [-0.2, 0) is 25.4 Å². The van der Waals surface area contributed by atoms with E-state index in [1.165, 1.54) is 16.8 Å². The number of para-hydroxylation sites is 1. The number of ether oxygens (including phenoxy) is 3. The van der Waals surface area contributed by atoms with Crippen LogP contribution in [0.4, 0.5) is 5.69 Å². The molecule has 0 radical (unpaired) electrons. The highest BCUT2D eigenvalue weighted by molar-refractivity contribution is 5.76. The second-order valence-electron chi connectivity index (χ2n) is 10.9. The second-order valence-corrected chi connectivity index (χ2v) is 10.9. The maximum Gasteiger partial charge on any atom is 0.312 e. The molecule has 35 heavy (non-hydrogen) atoms. The van der Waals surface area contributed by atoms with Crippen molar-refractivity contribution < 1.29 is 24.1 Å². The summed E-state index contributed by atoms with van der Waals surface area (Å²) in [5, 5.41) is 10.4. The molecule has 1 aromatic carbocycles. The molecule has 4 unspecified atom stereocenters. The van der Waals surface area contributed by atoms with Gasteiger partial charge in [-0.3, -0.25) is 4.79 Å². The van der Waals surface area contributed by atoms with Crippen molar-refractivity contribution in [2.24, 2.45) is 17.3 Å². The molecule has 1 aliphatic carbocycles. The van der Waals surface area contributed by atoms with E-state index in [1.54, 1.807) is 7.11 Å². The highest BCUT2D eigenvalue weighted by Gasteiger charge is 2.39. The standard InChI is InChI=1S/C29H43NO5/c1-19(2)16-29(5,20(3)4)28(32)35-18-22(31)17-34-23-12-13-24(27(15-23)33-7)26-14-21-10-8-9-11-25(21)30(26)6/h8-13,19-20,22-23,26,31H,14-18H2,1-7H3. The van der Waals surface area contributed by atoms with Crippen molar-refractivity contribution in [2.45, 2.75) is 72.1 Å². The zero-order chi connectivity index (χ0) is 25.8. The van der Waals surface area contributed by atoms with E-state index in [1.807, 2.05) is 26.8 Å². The largest absolute Gasteiger partial charge is 0.501 e. The number of carbonyl (C=O) groups is 1. The Bertz CT molecular complexity index is 937. The predicted octanol–water partition coefficient (Wildman–Crippen LogP) is 4.91. The molecule has 1 N–H and O–H groups in total. The smallest absolute Gasteiger partial charge is 0.312 e. The number of carbonyl (C=O) groups excluding carboxylic acids is 1. The summed E-state index contributed by atoms with van der Waals surface area (Å²) in [4.78, 5) is 15.1. The monoisotopic (exact) mass is 485 g/mol. The minimum atomic E-state index is -0.880. The van der Waals surface area contributed by atoms with E-state index < -0.39 is 11.5 Å². The van der Waals surface area contributed by atoms with E-state index in [0.717, 1.165) is 18.6 Å². The zero-order valence-corrected chi connectivity index (χ0v) is 22.4. The van der Waals surface area contributed by atoms with Crippen molar-refractivity contribution in [3.8, 4) is 0 Å². The molecule has 6 heteroatoms. The summed E-state index contributed by atoms with van der Waals surface area (Å²) in [5.74, 6) is 1.18. The number of fused-ring (bicyclic) bond motifs is 1. The topological polar surface area (TPSA) is 68.2 Å². The number of aliphatic hydroxyl groups is 1. The van der Waals surface area contributed by atoms with E-state index in [-0.39, 0.29) is 37.2 Å². The average Bonchev–Trinajstić information content (AvgIpc) is 3.16.